The Bertz CT molecular complexity index is 296. The van der Waals surface area contributed by atoms with Gasteiger partial charge in [0.2, 0.25) is 0 Å². The highest BCUT2D eigenvalue weighted by Crippen LogP contribution is 2.28. The second-order valence-electron chi connectivity index (χ2n) is 4.29. The van der Waals surface area contributed by atoms with Crippen molar-refractivity contribution in [3.63, 3.8) is 0 Å². The summed E-state index contributed by atoms with van der Waals surface area (Å²) in [6.07, 6.45) is 4.25. The highest BCUT2D eigenvalue weighted by molar-refractivity contribution is 6.96. The van der Waals surface area contributed by atoms with E-state index in [4.69, 9.17) is 0 Å². The fourth-order valence-electron chi connectivity index (χ4n) is 2.56. The molecule has 0 bridgehead atoms. The maximum absolute atomic E-state index is 4.09. The molecule has 0 unspecified atom stereocenters. The van der Waals surface area contributed by atoms with Crippen LogP contribution in [0.5, 0.6) is 0 Å². The summed E-state index contributed by atoms with van der Waals surface area (Å²) >= 11 is 0. The van der Waals surface area contributed by atoms with Gasteiger partial charge in [-0.05, 0) is 12.1 Å². The van der Waals surface area contributed by atoms with Crippen LogP contribution in [-0.4, -0.2) is 8.07 Å². The Morgan fingerprint density at radius 1 is 1.00 bits per heavy atom. The van der Waals surface area contributed by atoms with Gasteiger partial charge in [-0.2, -0.15) is 0 Å². The third-order valence-corrected chi connectivity index (χ3v) is 8.24. The van der Waals surface area contributed by atoms with Crippen molar-refractivity contribution in [1.29, 1.82) is 0 Å². The fourth-order valence-corrected chi connectivity index (χ4v) is 6.65. The lowest BCUT2D eigenvalue weighted by molar-refractivity contribution is 0.720. The van der Waals surface area contributed by atoms with Crippen LogP contribution in [0.4, 0.5) is 0 Å². The van der Waals surface area contributed by atoms with E-state index in [0.29, 0.717) is 0 Å². The van der Waals surface area contributed by atoms with Gasteiger partial charge in [0.1, 0.15) is 8.07 Å². The minimum Gasteiger partial charge on any atom is -0.107 e. The van der Waals surface area contributed by atoms with Crippen molar-refractivity contribution in [3.8, 4) is 0 Å². The van der Waals surface area contributed by atoms with Gasteiger partial charge in [0.05, 0.1) is 0 Å². The minimum absolute atomic E-state index is 1.27. The summed E-state index contributed by atoms with van der Waals surface area (Å²) in [5, 5.41) is 1.59. The maximum Gasteiger partial charge on any atom is 0.109 e. The average Bonchev–Trinajstić information content (AvgIpc) is 2.31. The highest BCUT2D eigenvalue weighted by atomic mass is 28.3. The van der Waals surface area contributed by atoms with Gasteiger partial charge >= 0.3 is 0 Å². The van der Waals surface area contributed by atoms with Crippen LogP contribution in [0.2, 0.25) is 12.1 Å². The molecule has 0 spiro atoms. The first-order valence-electron chi connectivity index (χ1n) is 5.56. The van der Waals surface area contributed by atoms with Crippen molar-refractivity contribution in [2.24, 2.45) is 0 Å². The molecule has 0 aromatic heterocycles. The van der Waals surface area contributed by atoms with E-state index in [1.54, 1.807) is 5.19 Å². The largest absolute Gasteiger partial charge is 0.109 e. The van der Waals surface area contributed by atoms with Gasteiger partial charge in [-0.15, -0.1) is 6.58 Å². The first kappa shape index (κ1) is 9.72. The molecule has 0 amide bonds. The van der Waals surface area contributed by atoms with Crippen LogP contribution >= 0.6 is 0 Å². The summed E-state index contributed by atoms with van der Waals surface area (Å²) in [6.45, 7) is 4.09. The van der Waals surface area contributed by atoms with Gasteiger partial charge in [0.25, 0.3) is 0 Å². The summed E-state index contributed by atoms with van der Waals surface area (Å²) in [7, 11) is -1.27. The van der Waals surface area contributed by atoms with E-state index in [0.717, 1.165) is 0 Å². The topological polar surface area (TPSA) is 0 Å². The summed E-state index contributed by atoms with van der Waals surface area (Å²) in [4.78, 5) is 0. The molecule has 1 fully saturated rings. The SMILES string of the molecule is C=C[Si]1(c2ccccc2)CCCCC1. The molecule has 1 aromatic carbocycles. The third-order valence-electron chi connectivity index (χ3n) is 3.49. The van der Waals surface area contributed by atoms with Crippen LogP contribution in [0.3, 0.4) is 0 Å². The fraction of sp³-hybridized carbons (Fsp3) is 0.385. The van der Waals surface area contributed by atoms with Crippen molar-refractivity contribution in [3.05, 3.63) is 42.6 Å². The molecule has 0 aliphatic carbocycles. The maximum atomic E-state index is 4.09. The number of benzene rings is 1. The van der Waals surface area contributed by atoms with Crippen LogP contribution in [0.15, 0.2) is 42.6 Å². The van der Waals surface area contributed by atoms with Gasteiger partial charge < -0.3 is 0 Å². The Morgan fingerprint density at radius 3 is 2.21 bits per heavy atom. The minimum atomic E-state index is -1.27. The summed E-state index contributed by atoms with van der Waals surface area (Å²) in [5.74, 6) is 0. The summed E-state index contributed by atoms with van der Waals surface area (Å²) < 4.78 is 0. The molecule has 1 aliphatic heterocycles. The smallest absolute Gasteiger partial charge is 0.107 e. The zero-order chi connectivity index (χ0) is 9.86. The van der Waals surface area contributed by atoms with Gasteiger partial charge in [0.15, 0.2) is 0 Å². The molecule has 1 aromatic rings. The van der Waals surface area contributed by atoms with Crippen LogP contribution in [0.25, 0.3) is 0 Å². The van der Waals surface area contributed by atoms with E-state index < -0.39 is 8.07 Å². The van der Waals surface area contributed by atoms with Crippen LogP contribution in [0, 0.1) is 0 Å². The Morgan fingerprint density at radius 2 is 1.64 bits per heavy atom. The van der Waals surface area contributed by atoms with Crippen LogP contribution < -0.4 is 5.19 Å². The predicted octanol–water partition coefficient (Wildman–Crippen LogP) is 3.25. The average molecular weight is 202 g/mol. The Kier molecular flexibility index (Phi) is 2.87. The number of hydrogen-bond donors (Lipinski definition) is 0. The quantitative estimate of drug-likeness (QED) is 0.646. The second-order valence-corrected chi connectivity index (χ2v) is 8.58. The molecular formula is C13H18Si. The standard InChI is InChI=1S/C13H18Si/c1-2-14(11-7-4-8-12-14)13-9-5-3-6-10-13/h2-3,5-6,9-10H,1,4,7-8,11-12H2. The third kappa shape index (κ3) is 1.69. The molecule has 1 heteroatoms. The van der Waals surface area contributed by atoms with Crippen molar-refractivity contribution in [2.45, 2.75) is 31.4 Å². The van der Waals surface area contributed by atoms with Gasteiger partial charge in [0, 0.05) is 0 Å². The molecule has 0 saturated carbocycles. The van der Waals surface area contributed by atoms with E-state index in [1.807, 2.05) is 0 Å². The molecule has 0 N–H and O–H groups in total. The van der Waals surface area contributed by atoms with Crippen LogP contribution in [0.1, 0.15) is 19.3 Å². The lowest BCUT2D eigenvalue weighted by Gasteiger charge is -2.32. The molecule has 0 radical (unpaired) electrons. The number of hydrogen-bond acceptors (Lipinski definition) is 0. The lowest BCUT2D eigenvalue weighted by Crippen LogP contribution is -2.47. The normalized spacial score (nSPS) is 20.3. The van der Waals surface area contributed by atoms with E-state index in [1.165, 1.54) is 31.4 Å². The number of rotatable bonds is 2. The van der Waals surface area contributed by atoms with E-state index in [9.17, 15) is 0 Å². The first-order chi connectivity index (χ1) is 6.87. The summed E-state index contributed by atoms with van der Waals surface area (Å²) in [5.41, 5.74) is 2.31. The molecule has 14 heavy (non-hydrogen) atoms. The molecule has 0 atom stereocenters. The Hall–Kier alpha value is -0.823. The van der Waals surface area contributed by atoms with Crippen molar-refractivity contribution >= 4 is 13.3 Å². The van der Waals surface area contributed by atoms with Gasteiger partial charge in [-0.3, -0.25) is 0 Å². The van der Waals surface area contributed by atoms with Crippen molar-refractivity contribution < 1.29 is 0 Å². The highest BCUT2D eigenvalue weighted by Gasteiger charge is 2.32. The molecule has 74 valence electrons. The second kappa shape index (κ2) is 4.14. The first-order valence-corrected chi connectivity index (χ1v) is 8.06. The van der Waals surface area contributed by atoms with Crippen molar-refractivity contribution in [2.75, 3.05) is 0 Å². The lowest BCUT2D eigenvalue weighted by atomic mass is 10.3. The van der Waals surface area contributed by atoms with Crippen LogP contribution in [-0.2, 0) is 0 Å². The zero-order valence-corrected chi connectivity index (χ0v) is 9.71. The van der Waals surface area contributed by atoms with Gasteiger partial charge in [-0.1, -0.05) is 60.5 Å². The Labute approximate surface area is 87.7 Å². The van der Waals surface area contributed by atoms with E-state index in [2.05, 4.69) is 42.6 Å². The zero-order valence-electron chi connectivity index (χ0n) is 8.71. The van der Waals surface area contributed by atoms with E-state index >= 15 is 0 Å². The van der Waals surface area contributed by atoms with E-state index in [-0.39, 0.29) is 0 Å². The Balaban J connectivity index is 2.32. The molecule has 1 saturated heterocycles. The molecule has 2 rings (SSSR count). The van der Waals surface area contributed by atoms with Crippen molar-refractivity contribution in [1.82, 2.24) is 0 Å². The monoisotopic (exact) mass is 202 g/mol. The molecule has 1 heterocycles. The summed E-state index contributed by atoms with van der Waals surface area (Å²) in [6, 6.07) is 13.9. The molecule has 1 aliphatic rings. The molecule has 0 nitrogen and oxygen atoms in total. The van der Waals surface area contributed by atoms with Gasteiger partial charge in [-0.25, -0.2) is 0 Å². The molecular weight excluding hydrogens is 184 g/mol. The predicted molar refractivity (Wildman–Crippen MR) is 65.5 cm³/mol.